The number of rotatable bonds is 2. The van der Waals surface area contributed by atoms with Gasteiger partial charge in [0, 0.05) is 16.5 Å². The van der Waals surface area contributed by atoms with Crippen LogP contribution < -0.4 is 10.5 Å². The fourth-order valence-corrected chi connectivity index (χ4v) is 2.90. The second-order valence-electron chi connectivity index (χ2n) is 4.61. The number of nitrogen functional groups attached to an aromatic ring is 1. The average Bonchev–Trinajstić information content (AvgIpc) is 2.88. The molecule has 0 spiro atoms. The quantitative estimate of drug-likeness (QED) is 0.660. The average molecular weight is 353 g/mol. The Morgan fingerprint density at radius 3 is 2.85 bits per heavy atom. The first-order valence-corrected chi connectivity index (χ1v) is 7.28. The van der Waals surface area contributed by atoms with E-state index in [1.54, 1.807) is 24.3 Å². The number of ketones is 1. The molecule has 0 bridgehead atoms. The molecule has 3 rings (SSSR count). The van der Waals surface area contributed by atoms with Crippen molar-refractivity contribution in [2.75, 3.05) is 12.3 Å². The van der Waals surface area contributed by atoms with Crippen LogP contribution in [0.1, 0.15) is 21.5 Å². The van der Waals surface area contributed by atoms with Crippen LogP contribution in [-0.2, 0) is 6.42 Å². The lowest BCUT2D eigenvalue weighted by Crippen LogP contribution is -2.05. The number of hydrogen-bond donors (Lipinski definition) is 1. The van der Waals surface area contributed by atoms with Gasteiger partial charge in [0.15, 0.2) is 5.78 Å². The molecule has 0 aliphatic carbocycles. The maximum Gasteiger partial charge on any atom is 0.196 e. The van der Waals surface area contributed by atoms with Crippen LogP contribution in [0.15, 0.2) is 34.8 Å². The first-order chi connectivity index (χ1) is 9.56. The van der Waals surface area contributed by atoms with Crippen LogP contribution in [0.5, 0.6) is 5.75 Å². The molecule has 0 radical (unpaired) electrons. The number of anilines is 1. The van der Waals surface area contributed by atoms with Crippen LogP contribution in [-0.4, -0.2) is 12.4 Å². The number of ether oxygens (including phenoxy) is 1. The highest BCUT2D eigenvalue weighted by atomic mass is 79.9. The predicted octanol–water partition coefficient (Wildman–Crippen LogP) is 3.85. The van der Waals surface area contributed by atoms with Gasteiger partial charge in [-0.3, -0.25) is 4.79 Å². The summed E-state index contributed by atoms with van der Waals surface area (Å²) in [4.78, 5) is 12.6. The van der Waals surface area contributed by atoms with Crippen LogP contribution in [0.25, 0.3) is 0 Å². The van der Waals surface area contributed by atoms with Crippen LogP contribution >= 0.6 is 27.5 Å². The third-order valence-electron chi connectivity index (χ3n) is 3.25. The minimum absolute atomic E-state index is 0.118. The van der Waals surface area contributed by atoms with E-state index in [-0.39, 0.29) is 5.78 Å². The Balaban J connectivity index is 2.09. The van der Waals surface area contributed by atoms with Gasteiger partial charge in [-0.1, -0.05) is 27.5 Å². The van der Waals surface area contributed by atoms with Gasteiger partial charge < -0.3 is 10.5 Å². The Morgan fingerprint density at radius 2 is 2.10 bits per heavy atom. The molecule has 0 saturated carbocycles. The molecule has 0 fully saturated rings. The molecule has 0 atom stereocenters. The maximum atomic E-state index is 12.6. The third-order valence-corrected chi connectivity index (χ3v) is 4.05. The lowest BCUT2D eigenvalue weighted by Gasteiger charge is -2.09. The summed E-state index contributed by atoms with van der Waals surface area (Å²) >= 11 is 9.31. The second-order valence-corrected chi connectivity index (χ2v) is 5.93. The molecule has 20 heavy (non-hydrogen) atoms. The maximum absolute atomic E-state index is 12.6. The SMILES string of the molecule is Nc1cc(C(=O)c2cc(Br)cc3c2OCC3)ccc1Cl. The Morgan fingerprint density at radius 1 is 1.30 bits per heavy atom. The van der Waals surface area contributed by atoms with E-state index in [4.69, 9.17) is 22.1 Å². The fraction of sp³-hybridized carbons (Fsp3) is 0.133. The van der Waals surface area contributed by atoms with Crippen molar-refractivity contribution >= 4 is 39.0 Å². The standard InChI is InChI=1S/C15H11BrClNO2/c16-10-5-9-3-4-20-15(9)11(7-10)14(19)8-1-2-12(17)13(18)6-8/h1-2,5-7H,3-4,18H2. The molecule has 2 aromatic rings. The highest BCUT2D eigenvalue weighted by Crippen LogP contribution is 2.34. The summed E-state index contributed by atoms with van der Waals surface area (Å²) < 4.78 is 6.45. The summed E-state index contributed by atoms with van der Waals surface area (Å²) in [6.45, 7) is 0.606. The van der Waals surface area contributed by atoms with Gasteiger partial charge in [0.25, 0.3) is 0 Å². The number of benzene rings is 2. The number of nitrogens with two attached hydrogens (primary N) is 1. The van der Waals surface area contributed by atoms with Crippen molar-refractivity contribution in [1.29, 1.82) is 0 Å². The van der Waals surface area contributed by atoms with E-state index in [0.717, 1.165) is 16.5 Å². The molecule has 5 heteroatoms. The van der Waals surface area contributed by atoms with Gasteiger partial charge in [-0.05, 0) is 35.9 Å². The Bertz CT molecular complexity index is 715. The molecule has 0 saturated heterocycles. The third kappa shape index (κ3) is 2.30. The van der Waals surface area contributed by atoms with Gasteiger partial charge in [0.2, 0.25) is 0 Å². The van der Waals surface area contributed by atoms with E-state index < -0.39 is 0 Å². The molecule has 1 aliphatic rings. The van der Waals surface area contributed by atoms with Gasteiger partial charge in [0.1, 0.15) is 5.75 Å². The fourth-order valence-electron chi connectivity index (χ4n) is 2.28. The van der Waals surface area contributed by atoms with E-state index in [9.17, 15) is 4.79 Å². The molecule has 2 aromatic carbocycles. The number of halogens is 2. The molecule has 102 valence electrons. The number of carbonyl (C=O) groups excluding carboxylic acids is 1. The topological polar surface area (TPSA) is 52.3 Å². The van der Waals surface area contributed by atoms with Gasteiger partial charge in [-0.2, -0.15) is 0 Å². The van der Waals surface area contributed by atoms with Gasteiger partial charge in [-0.15, -0.1) is 0 Å². The van der Waals surface area contributed by atoms with Crippen LogP contribution in [0, 0.1) is 0 Å². The van der Waals surface area contributed by atoms with Gasteiger partial charge in [0.05, 0.1) is 22.9 Å². The van der Waals surface area contributed by atoms with E-state index in [2.05, 4.69) is 15.9 Å². The summed E-state index contributed by atoms with van der Waals surface area (Å²) in [6, 6.07) is 8.64. The van der Waals surface area contributed by atoms with Gasteiger partial charge in [-0.25, -0.2) is 0 Å². The molecule has 0 unspecified atom stereocenters. The lowest BCUT2D eigenvalue weighted by molar-refractivity contribution is 0.103. The predicted molar refractivity (Wildman–Crippen MR) is 82.6 cm³/mol. The van der Waals surface area contributed by atoms with E-state index in [1.165, 1.54) is 0 Å². The molecule has 1 aliphatic heterocycles. The molecular weight excluding hydrogens is 342 g/mol. The monoisotopic (exact) mass is 351 g/mol. The summed E-state index contributed by atoms with van der Waals surface area (Å²) in [5.74, 6) is 0.555. The van der Waals surface area contributed by atoms with Crippen molar-refractivity contribution in [2.45, 2.75) is 6.42 Å². The largest absolute Gasteiger partial charge is 0.492 e. The molecule has 3 nitrogen and oxygen atoms in total. The van der Waals surface area contributed by atoms with E-state index >= 15 is 0 Å². The van der Waals surface area contributed by atoms with Crippen molar-refractivity contribution < 1.29 is 9.53 Å². The van der Waals surface area contributed by atoms with Crippen LogP contribution in [0.4, 0.5) is 5.69 Å². The summed E-state index contributed by atoms with van der Waals surface area (Å²) in [5, 5.41) is 0.442. The van der Waals surface area contributed by atoms with Crippen molar-refractivity contribution in [3.8, 4) is 5.75 Å². The highest BCUT2D eigenvalue weighted by molar-refractivity contribution is 9.10. The minimum Gasteiger partial charge on any atom is -0.492 e. The molecule has 1 heterocycles. The van der Waals surface area contributed by atoms with Crippen LogP contribution in [0.3, 0.4) is 0 Å². The van der Waals surface area contributed by atoms with Crippen molar-refractivity contribution in [3.05, 3.63) is 56.5 Å². The Kier molecular flexibility index (Phi) is 3.44. The molecule has 0 amide bonds. The van der Waals surface area contributed by atoms with E-state index in [1.807, 2.05) is 6.07 Å². The second kappa shape index (κ2) is 5.11. The van der Waals surface area contributed by atoms with Crippen molar-refractivity contribution in [2.24, 2.45) is 0 Å². The zero-order chi connectivity index (χ0) is 14.3. The van der Waals surface area contributed by atoms with Gasteiger partial charge >= 0.3 is 0 Å². The first kappa shape index (κ1) is 13.5. The molecular formula is C15H11BrClNO2. The minimum atomic E-state index is -0.118. The normalized spacial score (nSPS) is 12.9. The number of carbonyl (C=O) groups is 1. The Hall–Kier alpha value is -1.52. The van der Waals surface area contributed by atoms with Crippen molar-refractivity contribution in [3.63, 3.8) is 0 Å². The summed E-state index contributed by atoms with van der Waals surface area (Å²) in [6.07, 6.45) is 0.817. The molecule has 2 N–H and O–H groups in total. The number of hydrogen-bond acceptors (Lipinski definition) is 3. The van der Waals surface area contributed by atoms with Crippen LogP contribution in [0.2, 0.25) is 5.02 Å². The zero-order valence-electron chi connectivity index (χ0n) is 10.5. The Labute approximate surface area is 129 Å². The summed E-state index contributed by atoms with van der Waals surface area (Å²) in [7, 11) is 0. The highest BCUT2D eigenvalue weighted by Gasteiger charge is 2.23. The zero-order valence-corrected chi connectivity index (χ0v) is 12.8. The first-order valence-electron chi connectivity index (χ1n) is 6.11. The lowest BCUT2D eigenvalue weighted by atomic mass is 9.99. The van der Waals surface area contributed by atoms with E-state index in [0.29, 0.717) is 34.2 Å². The number of fused-ring (bicyclic) bond motifs is 1. The van der Waals surface area contributed by atoms with Crippen molar-refractivity contribution in [1.82, 2.24) is 0 Å². The smallest absolute Gasteiger partial charge is 0.196 e. The molecule has 0 aromatic heterocycles. The summed E-state index contributed by atoms with van der Waals surface area (Å²) in [5.41, 5.74) is 8.25.